The number of hydrogen-bond acceptors (Lipinski definition) is 1. The molecule has 3 fully saturated rings. The molecular weight excluding hydrogens is 254 g/mol. The maximum absolute atomic E-state index is 9.63. The van der Waals surface area contributed by atoms with Gasteiger partial charge in [0.15, 0.2) is 0 Å². The molecule has 21 heavy (non-hydrogen) atoms. The maximum atomic E-state index is 9.63. The molecule has 1 nitrogen and oxygen atoms in total. The number of rotatable bonds is 1. The van der Waals surface area contributed by atoms with Gasteiger partial charge in [-0.15, -0.1) is 0 Å². The average Bonchev–Trinajstić information content (AvgIpc) is 2.93. The van der Waals surface area contributed by atoms with Crippen LogP contribution in [0.15, 0.2) is 11.6 Å². The Morgan fingerprint density at radius 2 is 2.10 bits per heavy atom. The van der Waals surface area contributed by atoms with E-state index in [1.165, 1.54) is 64.2 Å². The van der Waals surface area contributed by atoms with Crippen LogP contribution >= 0.6 is 0 Å². The predicted octanol–water partition coefficient (Wildman–Crippen LogP) is 5.48. The summed E-state index contributed by atoms with van der Waals surface area (Å²) in [5.74, 6) is 4.06. The van der Waals surface area contributed by atoms with E-state index in [1.807, 2.05) is 5.57 Å². The standard InChI is InChI=1S/C20H29N/c1-2-20-12-11-17-16-6-4-3-5-14(16)7-9-18(17)19(20)10-8-15(20)13-21/h5,15-19H,2-4,6-12H2,1H3. The second-order valence-electron chi connectivity index (χ2n) is 8.17. The van der Waals surface area contributed by atoms with E-state index in [9.17, 15) is 5.26 Å². The minimum Gasteiger partial charge on any atom is -0.198 e. The smallest absolute Gasteiger partial charge is 0.0661 e. The molecule has 0 bridgehead atoms. The Hall–Kier alpha value is -0.770. The lowest BCUT2D eigenvalue weighted by atomic mass is 9.50. The van der Waals surface area contributed by atoms with Gasteiger partial charge in [-0.1, -0.05) is 18.6 Å². The van der Waals surface area contributed by atoms with E-state index in [1.54, 1.807) is 0 Å². The van der Waals surface area contributed by atoms with E-state index in [4.69, 9.17) is 0 Å². The second-order valence-corrected chi connectivity index (χ2v) is 8.17. The minimum atomic E-state index is 0.358. The van der Waals surface area contributed by atoms with Gasteiger partial charge >= 0.3 is 0 Å². The third kappa shape index (κ3) is 1.87. The third-order valence-electron chi connectivity index (χ3n) is 7.91. The van der Waals surface area contributed by atoms with Gasteiger partial charge in [0.1, 0.15) is 0 Å². The van der Waals surface area contributed by atoms with Gasteiger partial charge in [-0.25, -0.2) is 0 Å². The van der Waals surface area contributed by atoms with Gasteiger partial charge in [-0.3, -0.25) is 0 Å². The normalized spacial score (nSPS) is 48.6. The molecule has 0 aromatic heterocycles. The van der Waals surface area contributed by atoms with Gasteiger partial charge in [-0.05, 0) is 93.3 Å². The van der Waals surface area contributed by atoms with Gasteiger partial charge in [0, 0.05) is 0 Å². The zero-order chi connectivity index (χ0) is 14.4. The Morgan fingerprint density at radius 3 is 2.90 bits per heavy atom. The highest BCUT2D eigenvalue weighted by Gasteiger charge is 2.57. The molecule has 114 valence electrons. The first-order valence-electron chi connectivity index (χ1n) is 9.38. The number of allylic oxidation sites excluding steroid dienone is 2. The molecule has 0 N–H and O–H groups in total. The molecule has 0 spiro atoms. The molecule has 1 heteroatoms. The first kappa shape index (κ1) is 13.9. The first-order chi connectivity index (χ1) is 10.3. The van der Waals surface area contributed by atoms with Crippen LogP contribution in [0.2, 0.25) is 0 Å². The number of nitrogens with zero attached hydrogens (tertiary/aromatic N) is 1. The van der Waals surface area contributed by atoms with Crippen LogP contribution in [0.5, 0.6) is 0 Å². The van der Waals surface area contributed by atoms with Gasteiger partial charge in [0.05, 0.1) is 12.0 Å². The Morgan fingerprint density at radius 1 is 1.19 bits per heavy atom. The zero-order valence-electron chi connectivity index (χ0n) is 13.5. The zero-order valence-corrected chi connectivity index (χ0v) is 13.5. The van der Waals surface area contributed by atoms with Crippen LogP contribution in [-0.2, 0) is 0 Å². The number of nitriles is 1. The van der Waals surface area contributed by atoms with E-state index in [-0.39, 0.29) is 0 Å². The Kier molecular flexibility index (Phi) is 3.40. The summed E-state index contributed by atoms with van der Waals surface area (Å²) in [6, 6.07) is 2.70. The molecule has 4 aliphatic carbocycles. The maximum Gasteiger partial charge on any atom is 0.0661 e. The highest BCUT2D eigenvalue weighted by molar-refractivity contribution is 5.19. The predicted molar refractivity (Wildman–Crippen MR) is 85.4 cm³/mol. The summed E-state index contributed by atoms with van der Waals surface area (Å²) >= 11 is 0. The highest BCUT2D eigenvalue weighted by atomic mass is 14.6. The quantitative estimate of drug-likeness (QED) is 0.585. The summed E-state index contributed by atoms with van der Waals surface area (Å²) in [7, 11) is 0. The van der Waals surface area contributed by atoms with Crippen molar-refractivity contribution in [1.82, 2.24) is 0 Å². The van der Waals surface area contributed by atoms with Crippen LogP contribution in [0.25, 0.3) is 0 Å². The number of hydrogen-bond donors (Lipinski definition) is 0. The monoisotopic (exact) mass is 283 g/mol. The van der Waals surface area contributed by atoms with E-state index >= 15 is 0 Å². The highest BCUT2D eigenvalue weighted by Crippen LogP contribution is 2.64. The summed E-state index contributed by atoms with van der Waals surface area (Å²) in [5.41, 5.74) is 2.22. The topological polar surface area (TPSA) is 23.8 Å². The number of fused-ring (bicyclic) bond motifs is 5. The van der Waals surface area contributed by atoms with Crippen molar-refractivity contribution in [2.45, 2.75) is 71.1 Å². The second kappa shape index (κ2) is 5.15. The lowest BCUT2D eigenvalue weighted by molar-refractivity contribution is -0.0260. The molecule has 3 saturated carbocycles. The molecule has 0 aliphatic heterocycles. The Balaban J connectivity index is 1.64. The van der Waals surface area contributed by atoms with Crippen LogP contribution in [0.1, 0.15) is 71.1 Å². The SMILES string of the molecule is CCC12CCC3C4CCCC=C4CCC3C1CCC2C#N. The minimum absolute atomic E-state index is 0.358. The Labute approximate surface area is 129 Å². The van der Waals surface area contributed by atoms with Crippen molar-refractivity contribution < 1.29 is 0 Å². The lowest BCUT2D eigenvalue weighted by Crippen LogP contribution is -2.47. The summed E-state index contributed by atoms with van der Waals surface area (Å²) in [6.07, 6.45) is 16.1. The van der Waals surface area contributed by atoms with Crippen molar-refractivity contribution in [3.8, 4) is 6.07 Å². The fourth-order valence-electron chi connectivity index (χ4n) is 6.99. The van der Waals surface area contributed by atoms with Crippen molar-refractivity contribution in [1.29, 1.82) is 5.26 Å². The summed E-state index contributed by atoms with van der Waals surface area (Å²) in [5, 5.41) is 9.63. The van der Waals surface area contributed by atoms with Crippen molar-refractivity contribution in [3.63, 3.8) is 0 Å². The van der Waals surface area contributed by atoms with Gasteiger partial charge < -0.3 is 0 Å². The summed E-state index contributed by atoms with van der Waals surface area (Å²) < 4.78 is 0. The summed E-state index contributed by atoms with van der Waals surface area (Å²) in [4.78, 5) is 0. The molecule has 0 heterocycles. The third-order valence-corrected chi connectivity index (χ3v) is 7.91. The average molecular weight is 283 g/mol. The molecule has 6 unspecified atom stereocenters. The van der Waals surface area contributed by atoms with Gasteiger partial charge in [-0.2, -0.15) is 5.26 Å². The van der Waals surface area contributed by atoms with E-state index < -0.39 is 0 Å². The van der Waals surface area contributed by atoms with Crippen molar-refractivity contribution >= 4 is 0 Å². The van der Waals surface area contributed by atoms with Crippen LogP contribution in [0.3, 0.4) is 0 Å². The molecule has 6 atom stereocenters. The molecular formula is C20H29N. The van der Waals surface area contributed by atoms with Gasteiger partial charge in [0.25, 0.3) is 0 Å². The van der Waals surface area contributed by atoms with Crippen LogP contribution in [-0.4, -0.2) is 0 Å². The van der Waals surface area contributed by atoms with Gasteiger partial charge in [0.2, 0.25) is 0 Å². The summed E-state index contributed by atoms with van der Waals surface area (Å²) in [6.45, 7) is 2.36. The van der Waals surface area contributed by atoms with Crippen LogP contribution < -0.4 is 0 Å². The molecule has 0 saturated heterocycles. The van der Waals surface area contributed by atoms with Crippen molar-refractivity contribution in [2.75, 3.05) is 0 Å². The first-order valence-corrected chi connectivity index (χ1v) is 9.38. The Bertz CT molecular complexity index is 485. The molecule has 4 rings (SSSR count). The van der Waals surface area contributed by atoms with E-state index in [0.717, 1.165) is 23.7 Å². The van der Waals surface area contributed by atoms with Crippen LogP contribution in [0.4, 0.5) is 0 Å². The van der Waals surface area contributed by atoms with Crippen molar-refractivity contribution in [3.05, 3.63) is 11.6 Å². The van der Waals surface area contributed by atoms with Crippen LogP contribution in [0, 0.1) is 46.3 Å². The molecule has 0 aromatic carbocycles. The fourth-order valence-corrected chi connectivity index (χ4v) is 6.99. The fraction of sp³-hybridized carbons (Fsp3) is 0.850. The molecule has 0 aromatic rings. The van der Waals surface area contributed by atoms with E-state index in [0.29, 0.717) is 11.3 Å². The van der Waals surface area contributed by atoms with E-state index in [2.05, 4.69) is 19.1 Å². The van der Waals surface area contributed by atoms with Crippen molar-refractivity contribution in [2.24, 2.45) is 35.0 Å². The molecule has 4 aliphatic rings. The lowest BCUT2D eigenvalue weighted by Gasteiger charge is -2.54. The molecule has 0 amide bonds. The molecule has 0 radical (unpaired) electrons. The largest absolute Gasteiger partial charge is 0.198 e.